The van der Waals surface area contributed by atoms with Crippen LogP contribution in [0.2, 0.25) is 0 Å². The third-order valence-corrected chi connectivity index (χ3v) is 1.99. The Labute approximate surface area is 85.2 Å². The van der Waals surface area contributed by atoms with E-state index in [-0.39, 0.29) is 12.4 Å². The van der Waals surface area contributed by atoms with Crippen molar-refractivity contribution in [1.82, 2.24) is 0 Å². The first-order valence-electron chi connectivity index (χ1n) is 4.80. The van der Waals surface area contributed by atoms with Crippen LogP contribution in [0, 0.1) is 0 Å². The van der Waals surface area contributed by atoms with Gasteiger partial charge in [0.25, 0.3) is 0 Å². The molecular weight excluding hydrogens is 184 g/mol. The molecule has 0 aliphatic rings. The number of esters is 1. The van der Waals surface area contributed by atoms with E-state index in [2.05, 4.69) is 0 Å². The monoisotopic (exact) mass is 204 g/mol. The van der Waals surface area contributed by atoms with Crippen molar-refractivity contribution >= 4 is 5.97 Å². The van der Waals surface area contributed by atoms with Gasteiger partial charge < -0.3 is 14.6 Å². The van der Waals surface area contributed by atoms with E-state index in [0.29, 0.717) is 13.0 Å². The second-order valence-electron chi connectivity index (χ2n) is 3.83. The fourth-order valence-electron chi connectivity index (χ4n) is 1.14. The summed E-state index contributed by atoms with van der Waals surface area (Å²) in [4.78, 5) is 11.0. The minimum absolute atomic E-state index is 0.0284. The lowest BCUT2D eigenvalue weighted by molar-refractivity contribution is -0.146. The Balaban J connectivity index is 3.86. The van der Waals surface area contributed by atoms with Crippen LogP contribution in [0.1, 0.15) is 33.6 Å². The summed E-state index contributed by atoms with van der Waals surface area (Å²) in [5, 5.41) is 9.53. The van der Waals surface area contributed by atoms with E-state index in [9.17, 15) is 9.90 Å². The molecule has 0 bridgehead atoms. The zero-order valence-electron chi connectivity index (χ0n) is 9.37. The molecule has 0 saturated carbocycles. The van der Waals surface area contributed by atoms with Gasteiger partial charge in [-0.2, -0.15) is 0 Å². The van der Waals surface area contributed by atoms with Gasteiger partial charge in [0.05, 0.1) is 24.7 Å². The van der Waals surface area contributed by atoms with Crippen LogP contribution in [-0.2, 0) is 14.3 Å². The van der Waals surface area contributed by atoms with Gasteiger partial charge in [0.15, 0.2) is 0 Å². The van der Waals surface area contributed by atoms with Crippen LogP contribution in [0.4, 0.5) is 0 Å². The molecule has 0 aliphatic heterocycles. The van der Waals surface area contributed by atoms with Crippen molar-refractivity contribution < 1.29 is 19.4 Å². The van der Waals surface area contributed by atoms with Gasteiger partial charge in [-0.05, 0) is 20.8 Å². The molecule has 84 valence electrons. The van der Waals surface area contributed by atoms with Crippen LogP contribution in [-0.4, -0.2) is 36.5 Å². The van der Waals surface area contributed by atoms with E-state index in [1.54, 1.807) is 14.0 Å². The summed E-state index contributed by atoms with van der Waals surface area (Å²) in [6.07, 6.45) is -0.257. The van der Waals surface area contributed by atoms with Gasteiger partial charge in [0.1, 0.15) is 0 Å². The summed E-state index contributed by atoms with van der Waals surface area (Å²) in [6, 6.07) is 0. The fourth-order valence-corrected chi connectivity index (χ4v) is 1.14. The van der Waals surface area contributed by atoms with Crippen LogP contribution in [0.5, 0.6) is 0 Å². The number of carbonyl (C=O) groups is 1. The second-order valence-corrected chi connectivity index (χ2v) is 3.83. The quantitative estimate of drug-likeness (QED) is 0.659. The zero-order chi connectivity index (χ0) is 11.2. The van der Waals surface area contributed by atoms with Gasteiger partial charge in [0, 0.05) is 13.5 Å². The molecule has 0 heterocycles. The molecule has 0 aromatic rings. The lowest BCUT2D eigenvalue weighted by atomic mass is 9.99. The molecule has 0 saturated heterocycles. The van der Waals surface area contributed by atoms with E-state index in [1.165, 1.54) is 0 Å². The Morgan fingerprint density at radius 3 is 2.50 bits per heavy atom. The third kappa shape index (κ3) is 5.94. The minimum Gasteiger partial charge on any atom is -0.466 e. The van der Waals surface area contributed by atoms with Gasteiger partial charge in [-0.1, -0.05) is 0 Å². The molecule has 0 aromatic heterocycles. The van der Waals surface area contributed by atoms with E-state index in [1.807, 2.05) is 13.8 Å². The molecule has 0 spiro atoms. The number of carbonyl (C=O) groups excluding carboxylic acids is 1. The highest BCUT2D eigenvalue weighted by molar-refractivity contribution is 5.69. The van der Waals surface area contributed by atoms with Gasteiger partial charge in [-0.3, -0.25) is 4.79 Å². The number of hydrogen-bond acceptors (Lipinski definition) is 4. The Kier molecular flexibility index (Phi) is 5.72. The van der Waals surface area contributed by atoms with Crippen molar-refractivity contribution in [3.63, 3.8) is 0 Å². The average Bonchev–Trinajstić information content (AvgIpc) is 2.03. The summed E-state index contributed by atoms with van der Waals surface area (Å²) in [7, 11) is 1.58. The fraction of sp³-hybridized carbons (Fsp3) is 0.900. The standard InChI is InChI=1S/C10H20O4/c1-5-14-9(12)6-8(11)7-10(2,3)13-4/h8,11H,5-7H2,1-4H3. The van der Waals surface area contributed by atoms with E-state index in [0.717, 1.165) is 0 Å². The molecule has 0 aliphatic carbocycles. The zero-order valence-corrected chi connectivity index (χ0v) is 9.37. The molecule has 0 radical (unpaired) electrons. The van der Waals surface area contributed by atoms with Crippen LogP contribution < -0.4 is 0 Å². The van der Waals surface area contributed by atoms with Gasteiger partial charge in [0.2, 0.25) is 0 Å². The molecule has 0 rings (SSSR count). The van der Waals surface area contributed by atoms with Crippen molar-refractivity contribution in [2.75, 3.05) is 13.7 Å². The highest BCUT2D eigenvalue weighted by atomic mass is 16.5. The van der Waals surface area contributed by atoms with Crippen molar-refractivity contribution in [3.8, 4) is 0 Å². The molecule has 1 N–H and O–H groups in total. The number of methoxy groups -OCH3 is 1. The second kappa shape index (κ2) is 5.98. The molecule has 0 fully saturated rings. The smallest absolute Gasteiger partial charge is 0.308 e. The molecule has 1 atom stereocenters. The lowest BCUT2D eigenvalue weighted by Gasteiger charge is -2.25. The molecule has 0 aromatic carbocycles. The predicted molar refractivity (Wildman–Crippen MR) is 53.0 cm³/mol. The average molecular weight is 204 g/mol. The topological polar surface area (TPSA) is 55.8 Å². The van der Waals surface area contributed by atoms with E-state index >= 15 is 0 Å². The Hall–Kier alpha value is -0.610. The van der Waals surface area contributed by atoms with Crippen LogP contribution in [0.15, 0.2) is 0 Å². The maximum absolute atomic E-state index is 11.0. The molecule has 14 heavy (non-hydrogen) atoms. The van der Waals surface area contributed by atoms with E-state index in [4.69, 9.17) is 9.47 Å². The van der Waals surface area contributed by atoms with Crippen LogP contribution in [0.3, 0.4) is 0 Å². The lowest BCUT2D eigenvalue weighted by Crippen LogP contribution is -2.30. The maximum atomic E-state index is 11.0. The molecule has 4 heteroatoms. The first kappa shape index (κ1) is 13.4. The largest absolute Gasteiger partial charge is 0.466 e. The summed E-state index contributed by atoms with van der Waals surface area (Å²) in [6.45, 7) is 5.81. The maximum Gasteiger partial charge on any atom is 0.308 e. The van der Waals surface area contributed by atoms with Crippen LogP contribution in [0.25, 0.3) is 0 Å². The molecule has 0 amide bonds. The first-order valence-corrected chi connectivity index (χ1v) is 4.80. The number of aliphatic hydroxyl groups excluding tert-OH is 1. The highest BCUT2D eigenvalue weighted by Crippen LogP contribution is 2.17. The number of aliphatic hydroxyl groups is 1. The van der Waals surface area contributed by atoms with E-state index < -0.39 is 11.7 Å². The predicted octanol–water partition coefficient (Wildman–Crippen LogP) is 1.12. The number of ether oxygens (including phenoxy) is 2. The summed E-state index contributed by atoms with van der Waals surface area (Å²) < 4.78 is 9.86. The van der Waals surface area contributed by atoms with Crippen molar-refractivity contribution in [1.29, 1.82) is 0 Å². The third-order valence-electron chi connectivity index (χ3n) is 1.99. The summed E-state index contributed by atoms with van der Waals surface area (Å²) >= 11 is 0. The number of rotatable bonds is 6. The van der Waals surface area contributed by atoms with Gasteiger partial charge in [-0.15, -0.1) is 0 Å². The minimum atomic E-state index is -0.705. The van der Waals surface area contributed by atoms with Gasteiger partial charge >= 0.3 is 5.97 Å². The summed E-state index contributed by atoms with van der Waals surface area (Å²) in [5.41, 5.74) is -0.411. The van der Waals surface area contributed by atoms with Crippen molar-refractivity contribution in [2.24, 2.45) is 0 Å². The Bertz CT molecular complexity index is 177. The van der Waals surface area contributed by atoms with Crippen LogP contribution >= 0.6 is 0 Å². The molecule has 4 nitrogen and oxygen atoms in total. The van der Waals surface area contributed by atoms with Crippen molar-refractivity contribution in [2.45, 2.75) is 45.3 Å². The number of hydrogen-bond donors (Lipinski definition) is 1. The first-order chi connectivity index (χ1) is 6.41. The highest BCUT2D eigenvalue weighted by Gasteiger charge is 2.23. The summed E-state index contributed by atoms with van der Waals surface area (Å²) in [5.74, 6) is -0.369. The van der Waals surface area contributed by atoms with Crippen molar-refractivity contribution in [3.05, 3.63) is 0 Å². The molecule has 1 unspecified atom stereocenters. The Morgan fingerprint density at radius 1 is 1.50 bits per heavy atom. The molecular formula is C10H20O4. The Morgan fingerprint density at radius 2 is 2.07 bits per heavy atom. The normalized spacial score (nSPS) is 13.8. The van der Waals surface area contributed by atoms with Gasteiger partial charge in [-0.25, -0.2) is 0 Å². The SMILES string of the molecule is CCOC(=O)CC(O)CC(C)(C)OC.